The molecule has 1 aromatic rings. The summed E-state index contributed by atoms with van der Waals surface area (Å²) < 4.78 is 28.6. The Morgan fingerprint density at radius 2 is 2.06 bits per heavy atom. The van der Waals surface area contributed by atoms with E-state index in [0.29, 0.717) is 12.0 Å². The third-order valence-corrected chi connectivity index (χ3v) is 2.03. The molecule has 0 amide bonds. The zero-order valence-corrected chi connectivity index (χ0v) is 8.91. The highest BCUT2D eigenvalue weighted by molar-refractivity contribution is 5.36. The fourth-order valence-corrected chi connectivity index (χ4v) is 1.31. The first kappa shape index (κ1) is 12.5. The molecule has 1 rings (SSSR count). The molecule has 0 saturated carbocycles. The van der Waals surface area contributed by atoms with Gasteiger partial charge in [0.2, 0.25) is 0 Å². The zero-order valence-electron chi connectivity index (χ0n) is 8.91. The van der Waals surface area contributed by atoms with Crippen LogP contribution in [0.1, 0.15) is 24.9 Å². The third-order valence-electron chi connectivity index (χ3n) is 2.03. The predicted molar refractivity (Wildman–Crippen MR) is 58.1 cm³/mol. The smallest absolute Gasteiger partial charge is 0.387 e. The van der Waals surface area contributed by atoms with Gasteiger partial charge in [-0.2, -0.15) is 8.78 Å². The lowest BCUT2D eigenvalue weighted by atomic mass is 10.0. The summed E-state index contributed by atoms with van der Waals surface area (Å²) >= 11 is 0. The van der Waals surface area contributed by atoms with Gasteiger partial charge in [-0.15, -0.1) is 11.8 Å². The minimum Gasteiger partial charge on any atom is -0.434 e. The topological polar surface area (TPSA) is 35.2 Å². The van der Waals surface area contributed by atoms with Gasteiger partial charge in [-0.1, -0.05) is 18.2 Å². The summed E-state index contributed by atoms with van der Waals surface area (Å²) in [5.74, 6) is 5.63. The van der Waals surface area contributed by atoms with Crippen LogP contribution >= 0.6 is 0 Å². The number of ether oxygens (including phenoxy) is 1. The van der Waals surface area contributed by atoms with Crippen LogP contribution < -0.4 is 10.5 Å². The number of alkyl halides is 2. The van der Waals surface area contributed by atoms with Crippen molar-refractivity contribution >= 4 is 0 Å². The molecule has 0 fully saturated rings. The summed E-state index contributed by atoms with van der Waals surface area (Å²) in [6, 6.07) is 6.08. The van der Waals surface area contributed by atoms with E-state index >= 15 is 0 Å². The molecule has 2 N–H and O–H groups in total. The van der Waals surface area contributed by atoms with E-state index < -0.39 is 12.7 Å². The molecule has 1 aromatic carbocycles. The number of para-hydroxylation sites is 1. The largest absolute Gasteiger partial charge is 0.434 e. The maximum Gasteiger partial charge on any atom is 0.387 e. The molecule has 0 heterocycles. The van der Waals surface area contributed by atoms with E-state index in [1.165, 1.54) is 6.07 Å². The molecule has 86 valence electrons. The number of nitrogens with two attached hydrogens (primary N) is 1. The highest BCUT2D eigenvalue weighted by Gasteiger charge is 2.13. The van der Waals surface area contributed by atoms with Crippen LogP contribution in [-0.4, -0.2) is 6.61 Å². The number of benzene rings is 1. The quantitative estimate of drug-likeness (QED) is 0.799. The molecule has 1 atom stereocenters. The summed E-state index contributed by atoms with van der Waals surface area (Å²) in [7, 11) is 0. The molecule has 0 aliphatic carbocycles. The van der Waals surface area contributed by atoms with Crippen LogP contribution in [0.4, 0.5) is 8.78 Å². The predicted octanol–water partition coefficient (Wildman–Crippen LogP) is 2.70. The molecule has 2 nitrogen and oxygen atoms in total. The van der Waals surface area contributed by atoms with Gasteiger partial charge < -0.3 is 10.5 Å². The van der Waals surface area contributed by atoms with E-state index in [9.17, 15) is 8.78 Å². The lowest BCUT2D eigenvalue weighted by Gasteiger charge is -2.14. The molecular weight excluding hydrogens is 212 g/mol. The average molecular weight is 225 g/mol. The van der Waals surface area contributed by atoms with E-state index in [0.717, 1.165) is 0 Å². The molecule has 0 aromatic heterocycles. The van der Waals surface area contributed by atoms with Crippen molar-refractivity contribution in [2.75, 3.05) is 0 Å². The van der Waals surface area contributed by atoms with Gasteiger partial charge in [-0.3, -0.25) is 0 Å². The van der Waals surface area contributed by atoms with Crippen molar-refractivity contribution in [1.29, 1.82) is 0 Å². The SMILES string of the molecule is CC#CCC(N)c1ccccc1OC(F)F. The Kier molecular flexibility index (Phi) is 4.74. The van der Waals surface area contributed by atoms with Crippen LogP contribution in [0.15, 0.2) is 24.3 Å². The Morgan fingerprint density at radius 3 is 2.69 bits per heavy atom. The van der Waals surface area contributed by atoms with Crippen molar-refractivity contribution in [1.82, 2.24) is 0 Å². The summed E-state index contributed by atoms with van der Waals surface area (Å²) in [5, 5.41) is 0. The van der Waals surface area contributed by atoms with Gasteiger partial charge >= 0.3 is 6.61 Å². The molecule has 0 spiro atoms. The second kappa shape index (κ2) is 6.09. The van der Waals surface area contributed by atoms with Crippen molar-refractivity contribution < 1.29 is 13.5 Å². The van der Waals surface area contributed by atoms with Crippen LogP contribution in [0.2, 0.25) is 0 Å². The maximum atomic E-state index is 12.1. The van der Waals surface area contributed by atoms with E-state index in [1.807, 2.05) is 0 Å². The minimum atomic E-state index is -2.84. The van der Waals surface area contributed by atoms with Gasteiger partial charge in [-0.25, -0.2) is 0 Å². The minimum absolute atomic E-state index is 0.114. The van der Waals surface area contributed by atoms with E-state index in [4.69, 9.17) is 5.73 Å². The molecule has 16 heavy (non-hydrogen) atoms. The molecule has 0 radical (unpaired) electrons. The summed E-state index contributed by atoms with van der Waals surface area (Å²) in [5.41, 5.74) is 6.38. The first-order valence-electron chi connectivity index (χ1n) is 4.84. The molecule has 4 heteroatoms. The van der Waals surface area contributed by atoms with Gasteiger partial charge in [0.25, 0.3) is 0 Å². The molecule has 0 bridgehead atoms. The molecular formula is C12H13F2NO. The fourth-order valence-electron chi connectivity index (χ4n) is 1.31. The fraction of sp³-hybridized carbons (Fsp3) is 0.333. The lowest BCUT2D eigenvalue weighted by Crippen LogP contribution is -2.13. The maximum absolute atomic E-state index is 12.1. The Morgan fingerprint density at radius 1 is 1.38 bits per heavy atom. The van der Waals surface area contributed by atoms with Gasteiger partial charge in [0, 0.05) is 18.0 Å². The van der Waals surface area contributed by atoms with Crippen molar-refractivity contribution in [2.45, 2.75) is 26.0 Å². The van der Waals surface area contributed by atoms with Crippen LogP contribution in [-0.2, 0) is 0 Å². The number of rotatable bonds is 4. The Bertz CT molecular complexity index is 395. The van der Waals surface area contributed by atoms with Crippen LogP contribution in [0.3, 0.4) is 0 Å². The highest BCUT2D eigenvalue weighted by Crippen LogP contribution is 2.26. The Hall–Kier alpha value is -1.60. The molecule has 0 aliphatic heterocycles. The number of hydrogen-bond donors (Lipinski definition) is 1. The van der Waals surface area contributed by atoms with E-state index in [2.05, 4.69) is 16.6 Å². The number of hydrogen-bond acceptors (Lipinski definition) is 2. The van der Waals surface area contributed by atoms with E-state index in [1.54, 1.807) is 25.1 Å². The first-order chi connectivity index (χ1) is 7.65. The Labute approximate surface area is 93.4 Å². The van der Waals surface area contributed by atoms with Crippen molar-refractivity contribution in [3.05, 3.63) is 29.8 Å². The number of halogens is 2. The van der Waals surface area contributed by atoms with Gasteiger partial charge in [0.05, 0.1) is 0 Å². The molecule has 1 unspecified atom stereocenters. The first-order valence-corrected chi connectivity index (χ1v) is 4.84. The standard InChI is InChI=1S/C12H13F2NO/c1-2-3-7-10(15)9-6-4-5-8-11(9)16-12(13)14/h4-6,8,10,12H,7,15H2,1H3. The molecule has 0 aliphatic rings. The Balaban J connectivity index is 2.87. The highest BCUT2D eigenvalue weighted by atomic mass is 19.3. The zero-order chi connectivity index (χ0) is 12.0. The van der Waals surface area contributed by atoms with Crippen molar-refractivity contribution in [3.8, 4) is 17.6 Å². The lowest BCUT2D eigenvalue weighted by molar-refractivity contribution is -0.0506. The average Bonchev–Trinajstić information content (AvgIpc) is 2.26. The third kappa shape index (κ3) is 3.52. The molecule has 0 saturated heterocycles. The van der Waals surface area contributed by atoms with Gasteiger partial charge in [0.1, 0.15) is 5.75 Å². The monoisotopic (exact) mass is 225 g/mol. The van der Waals surface area contributed by atoms with Crippen molar-refractivity contribution in [3.63, 3.8) is 0 Å². The van der Waals surface area contributed by atoms with Gasteiger partial charge in [-0.05, 0) is 13.0 Å². The van der Waals surface area contributed by atoms with Crippen molar-refractivity contribution in [2.24, 2.45) is 5.73 Å². The summed E-state index contributed by atoms with van der Waals surface area (Å²) in [4.78, 5) is 0. The van der Waals surface area contributed by atoms with Crippen LogP contribution in [0, 0.1) is 11.8 Å². The summed E-state index contributed by atoms with van der Waals surface area (Å²) in [6.45, 7) is -1.14. The second-order valence-corrected chi connectivity index (χ2v) is 3.15. The normalized spacial score (nSPS) is 11.8. The van der Waals surface area contributed by atoms with E-state index in [-0.39, 0.29) is 5.75 Å². The van der Waals surface area contributed by atoms with Crippen LogP contribution in [0.25, 0.3) is 0 Å². The van der Waals surface area contributed by atoms with Gasteiger partial charge in [0.15, 0.2) is 0 Å². The summed E-state index contributed by atoms with van der Waals surface area (Å²) in [6.07, 6.45) is 0.417. The van der Waals surface area contributed by atoms with Crippen LogP contribution in [0.5, 0.6) is 5.75 Å². The second-order valence-electron chi connectivity index (χ2n) is 3.15.